The van der Waals surface area contributed by atoms with E-state index in [4.69, 9.17) is 5.73 Å². The van der Waals surface area contributed by atoms with Crippen LogP contribution in [0.4, 0.5) is 0 Å². The van der Waals surface area contributed by atoms with E-state index in [9.17, 15) is 4.79 Å². The molecule has 4 atom stereocenters. The molecule has 0 radical (unpaired) electrons. The lowest BCUT2D eigenvalue weighted by Gasteiger charge is -2.34. The largest absolute Gasteiger partial charge is 0.352 e. The first-order valence-corrected chi connectivity index (χ1v) is 6.46. The number of hydrogen-bond donors (Lipinski definition) is 2. The summed E-state index contributed by atoms with van der Waals surface area (Å²) in [6, 6.07) is 0.327. The van der Waals surface area contributed by atoms with Gasteiger partial charge in [0, 0.05) is 6.04 Å². The summed E-state index contributed by atoms with van der Waals surface area (Å²) in [5.74, 6) is 1.48. The summed E-state index contributed by atoms with van der Waals surface area (Å²) in [7, 11) is 0. The fraction of sp³-hybridized carbons (Fsp3) is 0.923. The minimum atomic E-state index is -0.716. The number of nitrogens with two attached hydrogens (primary N) is 1. The highest BCUT2D eigenvalue weighted by Gasteiger charge is 2.31. The van der Waals surface area contributed by atoms with Gasteiger partial charge in [0.15, 0.2) is 0 Å². The maximum Gasteiger partial charge on any atom is 0.239 e. The highest BCUT2D eigenvalue weighted by Crippen LogP contribution is 2.29. The Hall–Kier alpha value is -0.570. The highest BCUT2D eigenvalue weighted by molar-refractivity contribution is 5.85. The van der Waals surface area contributed by atoms with Crippen molar-refractivity contribution in [2.75, 3.05) is 0 Å². The van der Waals surface area contributed by atoms with Crippen LogP contribution in [0.1, 0.15) is 53.4 Å². The van der Waals surface area contributed by atoms with Crippen molar-refractivity contribution in [3.05, 3.63) is 0 Å². The van der Waals surface area contributed by atoms with Crippen molar-refractivity contribution >= 4 is 5.91 Å². The van der Waals surface area contributed by atoms with Crippen molar-refractivity contribution in [1.82, 2.24) is 5.32 Å². The molecule has 0 aromatic carbocycles. The molecular formula is C13H26N2O. The summed E-state index contributed by atoms with van der Waals surface area (Å²) in [4.78, 5) is 11.9. The maximum atomic E-state index is 11.9. The molecule has 1 fully saturated rings. The third-order valence-electron chi connectivity index (χ3n) is 4.19. The van der Waals surface area contributed by atoms with Crippen LogP contribution in [-0.4, -0.2) is 17.5 Å². The summed E-state index contributed by atoms with van der Waals surface area (Å²) < 4.78 is 0. The SMILES string of the molecule is CCC(C)(N)C(=O)NC1CCC(C)C(C)C1. The van der Waals surface area contributed by atoms with Gasteiger partial charge in [-0.15, -0.1) is 0 Å². The summed E-state index contributed by atoms with van der Waals surface area (Å²) >= 11 is 0. The van der Waals surface area contributed by atoms with Crippen LogP contribution in [0.3, 0.4) is 0 Å². The first-order valence-electron chi connectivity index (χ1n) is 6.46. The zero-order chi connectivity index (χ0) is 12.3. The Morgan fingerprint density at radius 1 is 1.38 bits per heavy atom. The third-order valence-corrected chi connectivity index (χ3v) is 4.19. The molecule has 1 aliphatic rings. The van der Waals surface area contributed by atoms with Crippen LogP contribution in [0, 0.1) is 11.8 Å². The normalized spacial score (nSPS) is 34.2. The predicted octanol–water partition coefficient (Wildman–Crippen LogP) is 2.05. The molecule has 0 bridgehead atoms. The van der Waals surface area contributed by atoms with E-state index in [1.807, 2.05) is 6.92 Å². The Kier molecular flexibility index (Phi) is 4.36. The number of rotatable bonds is 3. The Morgan fingerprint density at radius 2 is 2.00 bits per heavy atom. The molecule has 0 aromatic heterocycles. The van der Waals surface area contributed by atoms with Crippen molar-refractivity contribution in [2.45, 2.75) is 65.0 Å². The lowest BCUT2D eigenvalue weighted by Crippen LogP contribution is -2.54. The maximum absolute atomic E-state index is 11.9. The molecule has 1 aliphatic carbocycles. The predicted molar refractivity (Wildman–Crippen MR) is 67.0 cm³/mol. The van der Waals surface area contributed by atoms with Crippen LogP contribution in [0.15, 0.2) is 0 Å². The lowest BCUT2D eigenvalue weighted by atomic mass is 9.79. The molecule has 1 rings (SSSR count). The molecule has 3 heteroatoms. The van der Waals surface area contributed by atoms with Crippen LogP contribution >= 0.6 is 0 Å². The van der Waals surface area contributed by atoms with Crippen LogP contribution in [0.5, 0.6) is 0 Å². The average molecular weight is 226 g/mol. The minimum absolute atomic E-state index is 0.00162. The molecule has 4 unspecified atom stereocenters. The van der Waals surface area contributed by atoms with Gasteiger partial charge < -0.3 is 11.1 Å². The molecule has 16 heavy (non-hydrogen) atoms. The summed E-state index contributed by atoms with van der Waals surface area (Å²) in [5.41, 5.74) is 5.21. The molecule has 0 heterocycles. The first kappa shape index (κ1) is 13.5. The molecule has 3 N–H and O–H groups in total. The van der Waals surface area contributed by atoms with Gasteiger partial charge in [0.1, 0.15) is 0 Å². The Morgan fingerprint density at radius 3 is 2.50 bits per heavy atom. The zero-order valence-electron chi connectivity index (χ0n) is 11.0. The molecule has 0 spiro atoms. The monoisotopic (exact) mass is 226 g/mol. The fourth-order valence-corrected chi connectivity index (χ4v) is 2.19. The zero-order valence-corrected chi connectivity index (χ0v) is 11.0. The molecule has 0 aromatic rings. The van der Waals surface area contributed by atoms with Gasteiger partial charge in [-0.3, -0.25) is 4.79 Å². The van der Waals surface area contributed by atoms with Gasteiger partial charge in [0.05, 0.1) is 5.54 Å². The van der Waals surface area contributed by atoms with Gasteiger partial charge in [-0.2, -0.15) is 0 Å². The smallest absolute Gasteiger partial charge is 0.239 e. The number of amides is 1. The minimum Gasteiger partial charge on any atom is -0.352 e. The molecule has 3 nitrogen and oxygen atoms in total. The van der Waals surface area contributed by atoms with E-state index in [2.05, 4.69) is 19.2 Å². The van der Waals surface area contributed by atoms with E-state index in [1.165, 1.54) is 6.42 Å². The Bertz CT molecular complexity index is 250. The summed E-state index contributed by atoms with van der Waals surface area (Å²) in [6.45, 7) is 8.31. The number of carbonyl (C=O) groups excluding carboxylic acids is 1. The van der Waals surface area contributed by atoms with E-state index in [-0.39, 0.29) is 5.91 Å². The van der Waals surface area contributed by atoms with Crippen molar-refractivity contribution in [2.24, 2.45) is 17.6 Å². The van der Waals surface area contributed by atoms with E-state index in [1.54, 1.807) is 6.92 Å². The van der Waals surface area contributed by atoms with E-state index in [0.717, 1.165) is 18.8 Å². The van der Waals surface area contributed by atoms with E-state index in [0.29, 0.717) is 18.4 Å². The first-order chi connectivity index (χ1) is 7.36. The Labute approximate surface area is 99.2 Å². The second kappa shape index (κ2) is 5.17. The van der Waals surface area contributed by atoms with Crippen LogP contribution < -0.4 is 11.1 Å². The third kappa shape index (κ3) is 3.21. The molecular weight excluding hydrogens is 200 g/mol. The molecule has 0 aliphatic heterocycles. The number of carbonyl (C=O) groups is 1. The molecule has 0 saturated heterocycles. The van der Waals surface area contributed by atoms with E-state index < -0.39 is 5.54 Å². The van der Waals surface area contributed by atoms with Gasteiger partial charge in [-0.25, -0.2) is 0 Å². The standard InChI is InChI=1S/C13H26N2O/c1-5-13(4,14)12(16)15-11-7-6-9(2)10(3)8-11/h9-11H,5-8,14H2,1-4H3,(H,15,16). The highest BCUT2D eigenvalue weighted by atomic mass is 16.2. The van der Waals surface area contributed by atoms with Crippen molar-refractivity contribution in [3.63, 3.8) is 0 Å². The topological polar surface area (TPSA) is 55.1 Å². The van der Waals surface area contributed by atoms with Gasteiger partial charge >= 0.3 is 0 Å². The number of nitrogens with one attached hydrogen (secondary N) is 1. The van der Waals surface area contributed by atoms with Crippen molar-refractivity contribution in [3.8, 4) is 0 Å². The molecule has 94 valence electrons. The van der Waals surface area contributed by atoms with Gasteiger partial charge in [0.25, 0.3) is 0 Å². The second-order valence-corrected chi connectivity index (χ2v) is 5.71. The van der Waals surface area contributed by atoms with Crippen molar-refractivity contribution in [1.29, 1.82) is 0 Å². The van der Waals surface area contributed by atoms with Crippen LogP contribution in [0.25, 0.3) is 0 Å². The van der Waals surface area contributed by atoms with Crippen LogP contribution in [-0.2, 0) is 4.79 Å². The molecule has 1 amide bonds. The van der Waals surface area contributed by atoms with Crippen LogP contribution in [0.2, 0.25) is 0 Å². The average Bonchev–Trinajstić information content (AvgIpc) is 2.23. The second-order valence-electron chi connectivity index (χ2n) is 5.71. The summed E-state index contributed by atoms with van der Waals surface area (Å²) in [5, 5.41) is 3.10. The quantitative estimate of drug-likeness (QED) is 0.774. The lowest BCUT2D eigenvalue weighted by molar-refractivity contribution is -0.127. The van der Waals surface area contributed by atoms with Gasteiger partial charge in [0.2, 0.25) is 5.91 Å². The molecule has 1 saturated carbocycles. The Balaban J connectivity index is 2.47. The van der Waals surface area contributed by atoms with Crippen molar-refractivity contribution < 1.29 is 4.79 Å². The van der Waals surface area contributed by atoms with E-state index >= 15 is 0 Å². The fourth-order valence-electron chi connectivity index (χ4n) is 2.19. The summed E-state index contributed by atoms with van der Waals surface area (Å²) in [6.07, 6.45) is 4.07. The van der Waals surface area contributed by atoms with Gasteiger partial charge in [-0.05, 0) is 44.4 Å². The van der Waals surface area contributed by atoms with Gasteiger partial charge in [-0.1, -0.05) is 20.8 Å². The number of hydrogen-bond acceptors (Lipinski definition) is 2.